The molecule has 20 heavy (non-hydrogen) atoms. The predicted octanol–water partition coefficient (Wildman–Crippen LogP) is 1.75. The molecule has 0 saturated heterocycles. The number of carbonyl (C=O) groups is 1. The smallest absolute Gasteiger partial charge is 0.251 e. The van der Waals surface area contributed by atoms with Crippen LogP contribution in [0.4, 0.5) is 0 Å². The molecule has 2 rings (SSSR count). The van der Waals surface area contributed by atoms with Gasteiger partial charge in [0.1, 0.15) is 0 Å². The van der Waals surface area contributed by atoms with Crippen LogP contribution in [0.25, 0.3) is 0 Å². The molecule has 4 heteroatoms. The molecule has 0 saturated carbocycles. The van der Waals surface area contributed by atoms with Crippen LogP contribution in [0.1, 0.15) is 41.8 Å². The van der Waals surface area contributed by atoms with E-state index >= 15 is 0 Å². The van der Waals surface area contributed by atoms with Gasteiger partial charge in [-0.05, 0) is 42.8 Å². The average Bonchev–Trinajstić information content (AvgIpc) is 2.93. The predicted molar refractivity (Wildman–Crippen MR) is 81.7 cm³/mol. The molecule has 110 valence electrons. The van der Waals surface area contributed by atoms with Gasteiger partial charge in [0.15, 0.2) is 0 Å². The molecule has 0 radical (unpaired) electrons. The number of likely N-dealkylation sites (N-methyl/N-ethyl adjacent to an activating group) is 1. The molecule has 0 atom stereocenters. The van der Waals surface area contributed by atoms with E-state index in [4.69, 9.17) is 0 Å². The molecule has 1 aliphatic rings. The summed E-state index contributed by atoms with van der Waals surface area (Å²) < 4.78 is 0. The van der Waals surface area contributed by atoms with Gasteiger partial charge < -0.3 is 15.5 Å². The van der Waals surface area contributed by atoms with Gasteiger partial charge in [-0.2, -0.15) is 0 Å². The summed E-state index contributed by atoms with van der Waals surface area (Å²) >= 11 is 0. The number of carbonyl (C=O) groups excluding carboxylic acids is 1. The summed E-state index contributed by atoms with van der Waals surface area (Å²) in [6.45, 7) is 9.89. The Labute approximate surface area is 121 Å². The molecule has 1 aliphatic heterocycles. The van der Waals surface area contributed by atoms with Crippen LogP contribution in [0.5, 0.6) is 0 Å². The Balaban J connectivity index is 1.83. The van der Waals surface area contributed by atoms with Crippen molar-refractivity contribution in [3.63, 3.8) is 0 Å². The molecule has 2 N–H and O–H groups in total. The maximum absolute atomic E-state index is 12.1. The minimum Gasteiger partial charge on any atom is -0.351 e. The first-order valence-electron chi connectivity index (χ1n) is 7.57. The van der Waals surface area contributed by atoms with Gasteiger partial charge >= 0.3 is 0 Å². The normalized spacial score (nSPS) is 13.6. The standard InChI is InChI=1S/C16H25N3O/c1-3-8-19(4-2)9-7-18-16(20)13-5-6-14-11-17-12-15(14)10-13/h5-6,10,17H,3-4,7-9,11-12H2,1-2H3,(H,18,20). The van der Waals surface area contributed by atoms with E-state index < -0.39 is 0 Å². The van der Waals surface area contributed by atoms with Crippen molar-refractivity contribution < 1.29 is 4.79 Å². The summed E-state index contributed by atoms with van der Waals surface area (Å²) in [5.74, 6) is 0.0345. The lowest BCUT2D eigenvalue weighted by Crippen LogP contribution is -2.35. The van der Waals surface area contributed by atoms with E-state index in [1.165, 1.54) is 11.1 Å². The van der Waals surface area contributed by atoms with Gasteiger partial charge in [-0.25, -0.2) is 0 Å². The highest BCUT2D eigenvalue weighted by Crippen LogP contribution is 2.16. The molecule has 1 heterocycles. The Bertz CT molecular complexity index is 459. The van der Waals surface area contributed by atoms with Gasteiger partial charge in [0.2, 0.25) is 0 Å². The van der Waals surface area contributed by atoms with Gasteiger partial charge in [-0.3, -0.25) is 4.79 Å². The zero-order valence-electron chi connectivity index (χ0n) is 12.5. The molecule has 0 spiro atoms. The third kappa shape index (κ3) is 3.81. The average molecular weight is 275 g/mol. The molecule has 1 aromatic rings. The number of fused-ring (bicyclic) bond motifs is 1. The highest BCUT2D eigenvalue weighted by molar-refractivity contribution is 5.94. The second kappa shape index (κ2) is 7.41. The number of hydrogen-bond acceptors (Lipinski definition) is 3. The molecule has 1 amide bonds. The van der Waals surface area contributed by atoms with Crippen LogP contribution in [0.15, 0.2) is 18.2 Å². The quantitative estimate of drug-likeness (QED) is 0.797. The van der Waals surface area contributed by atoms with Gasteiger partial charge in [-0.1, -0.05) is 19.9 Å². The fourth-order valence-electron chi connectivity index (χ4n) is 2.61. The van der Waals surface area contributed by atoms with Crippen LogP contribution in [-0.4, -0.2) is 37.0 Å². The number of amides is 1. The lowest BCUT2D eigenvalue weighted by atomic mass is 10.1. The minimum atomic E-state index is 0.0345. The molecule has 0 aliphatic carbocycles. The van der Waals surface area contributed by atoms with Crippen LogP contribution in [0.3, 0.4) is 0 Å². The SMILES string of the molecule is CCCN(CC)CCNC(=O)c1ccc2c(c1)CNC2. The maximum Gasteiger partial charge on any atom is 0.251 e. The summed E-state index contributed by atoms with van der Waals surface area (Å²) in [5, 5.41) is 6.31. The van der Waals surface area contributed by atoms with Gasteiger partial charge in [-0.15, -0.1) is 0 Å². The van der Waals surface area contributed by atoms with E-state index in [-0.39, 0.29) is 5.91 Å². The number of nitrogens with zero attached hydrogens (tertiary/aromatic N) is 1. The fourth-order valence-corrected chi connectivity index (χ4v) is 2.61. The topological polar surface area (TPSA) is 44.4 Å². The molecular weight excluding hydrogens is 250 g/mol. The van der Waals surface area contributed by atoms with E-state index in [1.807, 2.05) is 12.1 Å². The Morgan fingerprint density at radius 2 is 2.05 bits per heavy atom. The monoisotopic (exact) mass is 275 g/mol. The first-order chi connectivity index (χ1) is 9.74. The van der Waals surface area contributed by atoms with Crippen molar-refractivity contribution in [3.8, 4) is 0 Å². The Hall–Kier alpha value is -1.39. The first kappa shape index (κ1) is 15.0. The molecule has 4 nitrogen and oxygen atoms in total. The van der Waals surface area contributed by atoms with Crippen molar-refractivity contribution in [3.05, 3.63) is 34.9 Å². The van der Waals surface area contributed by atoms with Crippen molar-refractivity contribution in [2.45, 2.75) is 33.4 Å². The number of hydrogen-bond donors (Lipinski definition) is 2. The third-order valence-corrected chi connectivity index (χ3v) is 3.80. The first-order valence-corrected chi connectivity index (χ1v) is 7.57. The van der Waals surface area contributed by atoms with Crippen molar-refractivity contribution in [1.82, 2.24) is 15.5 Å². The number of rotatable bonds is 7. The molecule has 0 bridgehead atoms. The summed E-state index contributed by atoms with van der Waals surface area (Å²) in [7, 11) is 0. The molecule has 0 unspecified atom stereocenters. The minimum absolute atomic E-state index is 0.0345. The van der Waals surface area contributed by atoms with E-state index in [1.54, 1.807) is 0 Å². The van der Waals surface area contributed by atoms with Gasteiger partial charge in [0.05, 0.1) is 0 Å². The highest BCUT2D eigenvalue weighted by atomic mass is 16.1. The van der Waals surface area contributed by atoms with Crippen LogP contribution >= 0.6 is 0 Å². The van der Waals surface area contributed by atoms with Crippen LogP contribution in [0.2, 0.25) is 0 Å². The third-order valence-electron chi connectivity index (χ3n) is 3.80. The van der Waals surface area contributed by atoms with E-state index in [0.717, 1.165) is 44.7 Å². The summed E-state index contributed by atoms with van der Waals surface area (Å²) in [5.41, 5.74) is 3.33. The number of benzene rings is 1. The highest BCUT2D eigenvalue weighted by Gasteiger charge is 2.13. The second-order valence-corrected chi connectivity index (χ2v) is 5.28. The largest absolute Gasteiger partial charge is 0.351 e. The second-order valence-electron chi connectivity index (χ2n) is 5.28. The summed E-state index contributed by atoms with van der Waals surface area (Å²) in [6.07, 6.45) is 1.15. The van der Waals surface area contributed by atoms with Crippen molar-refractivity contribution in [1.29, 1.82) is 0 Å². The lowest BCUT2D eigenvalue weighted by molar-refractivity contribution is 0.0948. The molecule has 0 aromatic heterocycles. The fraction of sp³-hybridized carbons (Fsp3) is 0.562. The number of nitrogens with one attached hydrogen (secondary N) is 2. The van der Waals surface area contributed by atoms with Crippen LogP contribution in [0, 0.1) is 0 Å². The molecular formula is C16H25N3O. The maximum atomic E-state index is 12.1. The van der Waals surface area contributed by atoms with Crippen molar-refractivity contribution >= 4 is 5.91 Å². The molecule has 1 aromatic carbocycles. The zero-order chi connectivity index (χ0) is 14.4. The van der Waals surface area contributed by atoms with Crippen LogP contribution < -0.4 is 10.6 Å². The van der Waals surface area contributed by atoms with Gasteiger partial charge in [0, 0.05) is 31.7 Å². The Kier molecular flexibility index (Phi) is 5.56. The Morgan fingerprint density at radius 1 is 1.25 bits per heavy atom. The van der Waals surface area contributed by atoms with E-state index in [2.05, 4.69) is 35.4 Å². The summed E-state index contributed by atoms with van der Waals surface area (Å²) in [4.78, 5) is 14.5. The lowest BCUT2D eigenvalue weighted by Gasteiger charge is -2.19. The van der Waals surface area contributed by atoms with Gasteiger partial charge in [0.25, 0.3) is 5.91 Å². The van der Waals surface area contributed by atoms with E-state index in [9.17, 15) is 4.79 Å². The zero-order valence-corrected chi connectivity index (χ0v) is 12.5. The molecule has 0 fully saturated rings. The van der Waals surface area contributed by atoms with E-state index in [0.29, 0.717) is 6.54 Å². The summed E-state index contributed by atoms with van der Waals surface area (Å²) in [6, 6.07) is 5.98. The van der Waals surface area contributed by atoms with Crippen molar-refractivity contribution in [2.24, 2.45) is 0 Å². The Morgan fingerprint density at radius 3 is 2.80 bits per heavy atom. The van der Waals surface area contributed by atoms with Crippen molar-refractivity contribution in [2.75, 3.05) is 26.2 Å². The van der Waals surface area contributed by atoms with Crippen LogP contribution in [-0.2, 0) is 13.1 Å².